The predicted molar refractivity (Wildman–Crippen MR) is 67.2 cm³/mol. The van der Waals surface area contributed by atoms with Crippen molar-refractivity contribution in [2.24, 2.45) is 11.3 Å². The summed E-state index contributed by atoms with van der Waals surface area (Å²) in [5.74, 6) is -0.844. The smallest absolute Gasteiger partial charge is 0.305 e. The summed E-state index contributed by atoms with van der Waals surface area (Å²) in [6.07, 6.45) is 2.64. The van der Waals surface area contributed by atoms with E-state index in [2.05, 4.69) is 5.32 Å². The molecular formula is C13H23NO4. The monoisotopic (exact) mass is 257 g/mol. The lowest BCUT2D eigenvalue weighted by Crippen LogP contribution is -2.52. The van der Waals surface area contributed by atoms with E-state index < -0.39 is 11.4 Å². The third-order valence-corrected chi connectivity index (χ3v) is 3.73. The van der Waals surface area contributed by atoms with Crippen LogP contribution in [0.1, 0.15) is 39.5 Å². The summed E-state index contributed by atoms with van der Waals surface area (Å²) in [6.45, 7) is 4.24. The highest BCUT2D eigenvalue weighted by atomic mass is 16.5. The highest BCUT2D eigenvalue weighted by Crippen LogP contribution is 2.41. The highest BCUT2D eigenvalue weighted by molar-refractivity contribution is 5.84. The Balaban J connectivity index is 2.62. The van der Waals surface area contributed by atoms with Gasteiger partial charge >= 0.3 is 5.97 Å². The van der Waals surface area contributed by atoms with Crippen LogP contribution in [0.3, 0.4) is 0 Å². The van der Waals surface area contributed by atoms with Crippen molar-refractivity contribution in [1.29, 1.82) is 0 Å². The third kappa shape index (κ3) is 3.45. The van der Waals surface area contributed by atoms with Gasteiger partial charge in [0, 0.05) is 13.2 Å². The first kappa shape index (κ1) is 15.0. The van der Waals surface area contributed by atoms with E-state index in [0.29, 0.717) is 6.61 Å². The Morgan fingerprint density at radius 1 is 1.39 bits per heavy atom. The summed E-state index contributed by atoms with van der Waals surface area (Å²) in [7, 11) is 1.59. The van der Waals surface area contributed by atoms with Crippen LogP contribution in [0.2, 0.25) is 0 Å². The molecule has 0 saturated heterocycles. The van der Waals surface area contributed by atoms with E-state index in [1.54, 1.807) is 7.11 Å². The largest absolute Gasteiger partial charge is 0.481 e. The second-order valence-corrected chi connectivity index (χ2v) is 5.49. The molecule has 0 bridgehead atoms. The fraction of sp³-hybridized carbons (Fsp3) is 0.846. The number of carboxylic acid groups (broad SMARTS) is 1. The number of carboxylic acids is 1. The third-order valence-electron chi connectivity index (χ3n) is 3.73. The topological polar surface area (TPSA) is 75.6 Å². The molecular weight excluding hydrogens is 234 g/mol. The zero-order valence-corrected chi connectivity index (χ0v) is 11.4. The van der Waals surface area contributed by atoms with E-state index in [4.69, 9.17) is 9.84 Å². The zero-order valence-electron chi connectivity index (χ0n) is 11.4. The van der Waals surface area contributed by atoms with Crippen LogP contribution in [-0.4, -0.2) is 36.7 Å². The van der Waals surface area contributed by atoms with Crippen LogP contribution in [-0.2, 0) is 14.3 Å². The molecule has 0 aromatic heterocycles. The summed E-state index contributed by atoms with van der Waals surface area (Å²) >= 11 is 0. The normalized spacial score (nSPS) is 19.1. The van der Waals surface area contributed by atoms with Crippen molar-refractivity contribution >= 4 is 11.9 Å². The van der Waals surface area contributed by atoms with Gasteiger partial charge in [-0.2, -0.15) is 0 Å². The van der Waals surface area contributed by atoms with Crippen molar-refractivity contribution < 1.29 is 19.4 Å². The molecule has 1 rings (SSSR count). The van der Waals surface area contributed by atoms with Crippen LogP contribution in [0.15, 0.2) is 0 Å². The Morgan fingerprint density at radius 2 is 2.00 bits per heavy atom. The van der Waals surface area contributed by atoms with E-state index in [1.807, 2.05) is 13.8 Å². The lowest BCUT2D eigenvalue weighted by molar-refractivity contribution is -0.143. The van der Waals surface area contributed by atoms with E-state index in [-0.39, 0.29) is 24.3 Å². The minimum Gasteiger partial charge on any atom is -0.481 e. The lowest BCUT2D eigenvalue weighted by atomic mass is 9.68. The molecule has 0 aliphatic heterocycles. The number of carbonyl (C=O) groups excluding carboxylic acids is 1. The average Bonchev–Trinajstić information content (AvgIpc) is 2.21. The maximum absolute atomic E-state index is 12.2. The zero-order chi connectivity index (χ0) is 13.8. The van der Waals surface area contributed by atoms with Crippen LogP contribution < -0.4 is 5.32 Å². The molecule has 1 amide bonds. The van der Waals surface area contributed by atoms with E-state index in [9.17, 15) is 9.59 Å². The number of methoxy groups -OCH3 is 1. The Bertz CT molecular complexity index is 310. The van der Waals surface area contributed by atoms with Crippen molar-refractivity contribution in [2.45, 2.75) is 45.6 Å². The Kier molecular flexibility index (Phi) is 5.14. The minimum atomic E-state index is -0.886. The number of rotatable bonds is 7. The lowest BCUT2D eigenvalue weighted by Gasteiger charge is -2.40. The van der Waals surface area contributed by atoms with Gasteiger partial charge in [-0.1, -0.05) is 20.3 Å². The van der Waals surface area contributed by atoms with Gasteiger partial charge in [-0.15, -0.1) is 0 Å². The van der Waals surface area contributed by atoms with Crippen molar-refractivity contribution in [2.75, 3.05) is 13.7 Å². The molecule has 0 aromatic rings. The standard InChI is InChI=1S/C13H23NO4/c1-9(2)10(7-11(15)16)14-12(17)13(8-18-3)5-4-6-13/h9-10H,4-8H2,1-3H3,(H,14,17)(H,15,16). The SMILES string of the molecule is COCC1(C(=O)NC(CC(=O)O)C(C)C)CCC1. The average molecular weight is 257 g/mol. The van der Waals surface area contributed by atoms with Crippen molar-refractivity contribution in [3.05, 3.63) is 0 Å². The number of nitrogens with one attached hydrogen (secondary N) is 1. The number of hydrogen-bond donors (Lipinski definition) is 2. The van der Waals surface area contributed by atoms with Gasteiger partial charge in [0.2, 0.25) is 5.91 Å². The molecule has 0 spiro atoms. The first-order valence-corrected chi connectivity index (χ1v) is 6.43. The van der Waals surface area contributed by atoms with Crippen LogP contribution in [0, 0.1) is 11.3 Å². The fourth-order valence-electron chi connectivity index (χ4n) is 2.28. The van der Waals surface area contributed by atoms with Crippen molar-refractivity contribution in [3.8, 4) is 0 Å². The predicted octanol–water partition coefficient (Wildman–Crippen LogP) is 1.42. The summed E-state index contributed by atoms with van der Waals surface area (Å²) in [4.78, 5) is 23.0. The molecule has 18 heavy (non-hydrogen) atoms. The minimum absolute atomic E-state index is 0.0352. The quantitative estimate of drug-likeness (QED) is 0.723. The van der Waals surface area contributed by atoms with Gasteiger partial charge in [0.15, 0.2) is 0 Å². The van der Waals surface area contributed by atoms with Crippen molar-refractivity contribution in [1.82, 2.24) is 5.32 Å². The molecule has 1 saturated carbocycles. The maximum Gasteiger partial charge on any atom is 0.305 e. The maximum atomic E-state index is 12.2. The molecule has 0 radical (unpaired) electrons. The molecule has 0 heterocycles. The van der Waals surface area contributed by atoms with E-state index >= 15 is 0 Å². The van der Waals surface area contributed by atoms with E-state index in [1.165, 1.54) is 0 Å². The molecule has 0 aromatic carbocycles. The first-order chi connectivity index (χ1) is 8.41. The second kappa shape index (κ2) is 6.18. The summed E-state index contributed by atoms with van der Waals surface area (Å²) in [5.41, 5.74) is -0.430. The van der Waals surface area contributed by atoms with Gasteiger partial charge in [-0.25, -0.2) is 0 Å². The number of amides is 1. The molecule has 5 heteroatoms. The molecule has 1 fully saturated rings. The van der Waals surface area contributed by atoms with E-state index in [0.717, 1.165) is 19.3 Å². The number of carbonyl (C=O) groups is 2. The highest BCUT2D eigenvalue weighted by Gasteiger charge is 2.44. The van der Waals surface area contributed by atoms with Crippen molar-refractivity contribution in [3.63, 3.8) is 0 Å². The Hall–Kier alpha value is -1.10. The van der Waals surface area contributed by atoms with Gasteiger partial charge in [-0.3, -0.25) is 9.59 Å². The first-order valence-electron chi connectivity index (χ1n) is 6.43. The van der Waals surface area contributed by atoms with Crippen LogP contribution >= 0.6 is 0 Å². The van der Waals surface area contributed by atoms with Gasteiger partial charge < -0.3 is 15.2 Å². The van der Waals surface area contributed by atoms with Crippen LogP contribution in [0.5, 0.6) is 0 Å². The summed E-state index contributed by atoms with van der Waals surface area (Å²) < 4.78 is 5.12. The number of hydrogen-bond acceptors (Lipinski definition) is 3. The molecule has 1 aliphatic carbocycles. The van der Waals surface area contributed by atoms with Gasteiger partial charge in [0.25, 0.3) is 0 Å². The van der Waals surface area contributed by atoms with Crippen LogP contribution in [0.25, 0.3) is 0 Å². The summed E-state index contributed by atoms with van der Waals surface area (Å²) in [6, 6.07) is -0.315. The van der Waals surface area contributed by atoms with Crippen LogP contribution in [0.4, 0.5) is 0 Å². The molecule has 1 aliphatic rings. The molecule has 1 unspecified atom stereocenters. The Morgan fingerprint density at radius 3 is 2.33 bits per heavy atom. The summed E-state index contributed by atoms with van der Waals surface area (Å²) in [5, 5.41) is 11.7. The fourth-order valence-corrected chi connectivity index (χ4v) is 2.28. The van der Waals surface area contributed by atoms with Gasteiger partial charge in [0.1, 0.15) is 0 Å². The second-order valence-electron chi connectivity index (χ2n) is 5.49. The van der Waals surface area contributed by atoms with Gasteiger partial charge in [0.05, 0.1) is 18.4 Å². The molecule has 104 valence electrons. The molecule has 2 N–H and O–H groups in total. The molecule has 5 nitrogen and oxygen atoms in total. The Labute approximate surface area is 108 Å². The number of aliphatic carboxylic acids is 1. The number of ether oxygens (including phenoxy) is 1. The molecule has 1 atom stereocenters. The van der Waals surface area contributed by atoms with Gasteiger partial charge in [-0.05, 0) is 18.8 Å².